The van der Waals surface area contributed by atoms with Crippen LogP contribution in [0.2, 0.25) is 0 Å². The van der Waals surface area contributed by atoms with Gasteiger partial charge < -0.3 is 4.90 Å². The number of hydrogen-bond acceptors (Lipinski definition) is 4. The largest absolute Gasteiger partial charge is 0.348 e. The summed E-state index contributed by atoms with van der Waals surface area (Å²) < 4.78 is 0. The third kappa shape index (κ3) is 2.13. The van der Waals surface area contributed by atoms with Crippen molar-refractivity contribution >= 4 is 16.5 Å². The molecule has 0 saturated carbocycles. The van der Waals surface area contributed by atoms with E-state index in [2.05, 4.69) is 22.9 Å². The van der Waals surface area contributed by atoms with Crippen molar-refractivity contribution in [3.63, 3.8) is 0 Å². The molecule has 4 heteroatoms. The van der Waals surface area contributed by atoms with E-state index >= 15 is 0 Å². The summed E-state index contributed by atoms with van der Waals surface area (Å²) in [5, 5.41) is 10.1. The molecule has 0 amide bonds. The van der Waals surface area contributed by atoms with Crippen molar-refractivity contribution in [2.24, 2.45) is 0 Å². The van der Waals surface area contributed by atoms with Crippen molar-refractivity contribution in [1.82, 2.24) is 4.98 Å². The smallest absolute Gasteiger partial charge is 0.186 e. The predicted molar refractivity (Wildman–Crippen MR) is 62.3 cm³/mol. The molecule has 1 aromatic rings. The van der Waals surface area contributed by atoms with Crippen LogP contribution in [0, 0.1) is 11.3 Å². The van der Waals surface area contributed by atoms with Gasteiger partial charge in [-0.05, 0) is 19.3 Å². The minimum Gasteiger partial charge on any atom is -0.348 e. The predicted octanol–water partition coefficient (Wildman–Crippen LogP) is 2.57. The molecule has 0 bridgehead atoms. The molecule has 1 aliphatic rings. The molecule has 1 aromatic heterocycles. The third-order valence-electron chi connectivity index (χ3n) is 2.65. The average molecular weight is 221 g/mol. The Hall–Kier alpha value is -1.08. The topological polar surface area (TPSA) is 39.9 Å². The molecule has 1 fully saturated rings. The van der Waals surface area contributed by atoms with Crippen molar-refractivity contribution in [2.75, 3.05) is 18.0 Å². The van der Waals surface area contributed by atoms with Crippen molar-refractivity contribution in [2.45, 2.75) is 32.6 Å². The normalized spacial score (nSPS) is 15.6. The fourth-order valence-electron chi connectivity index (χ4n) is 1.88. The van der Waals surface area contributed by atoms with Crippen LogP contribution in [-0.4, -0.2) is 18.1 Å². The van der Waals surface area contributed by atoms with E-state index in [4.69, 9.17) is 5.26 Å². The van der Waals surface area contributed by atoms with Gasteiger partial charge in [-0.1, -0.05) is 24.7 Å². The van der Waals surface area contributed by atoms with Gasteiger partial charge in [-0.25, -0.2) is 4.98 Å². The fourth-order valence-corrected chi connectivity index (χ4v) is 2.84. The Morgan fingerprint density at radius 3 is 2.80 bits per heavy atom. The van der Waals surface area contributed by atoms with Crippen LogP contribution in [0.4, 0.5) is 5.13 Å². The summed E-state index contributed by atoms with van der Waals surface area (Å²) in [5.74, 6) is 0. The molecule has 0 aromatic carbocycles. The molecule has 0 atom stereocenters. The lowest BCUT2D eigenvalue weighted by Crippen LogP contribution is -2.17. The van der Waals surface area contributed by atoms with Gasteiger partial charge in [0.2, 0.25) is 0 Å². The lowest BCUT2D eigenvalue weighted by Gasteiger charge is -2.11. The number of thiazole rings is 1. The molecule has 0 N–H and O–H groups in total. The Morgan fingerprint density at radius 2 is 2.20 bits per heavy atom. The zero-order valence-electron chi connectivity index (χ0n) is 8.99. The maximum atomic E-state index is 9.00. The second kappa shape index (κ2) is 4.63. The lowest BCUT2D eigenvalue weighted by atomic mass is 10.2. The van der Waals surface area contributed by atoms with Gasteiger partial charge in [0.05, 0.1) is 5.69 Å². The monoisotopic (exact) mass is 221 g/mol. The summed E-state index contributed by atoms with van der Waals surface area (Å²) in [7, 11) is 0. The highest BCUT2D eigenvalue weighted by molar-refractivity contribution is 7.16. The Bertz CT molecular complexity index is 372. The fraction of sp³-hybridized carbons (Fsp3) is 0.636. The molecule has 3 nitrogen and oxygen atoms in total. The molecule has 0 radical (unpaired) electrons. The van der Waals surface area contributed by atoms with E-state index in [1.54, 1.807) is 11.3 Å². The van der Waals surface area contributed by atoms with Crippen LogP contribution < -0.4 is 4.90 Å². The minimum atomic E-state index is 0.804. The zero-order valence-corrected chi connectivity index (χ0v) is 9.81. The SMILES string of the molecule is CCCc1nc(N2CCCC2)sc1C#N. The van der Waals surface area contributed by atoms with Crippen LogP contribution in [0.25, 0.3) is 0 Å². The maximum absolute atomic E-state index is 9.00. The maximum Gasteiger partial charge on any atom is 0.186 e. The second-order valence-corrected chi connectivity index (χ2v) is 4.81. The molecular formula is C11H15N3S. The number of nitriles is 1. The number of hydrogen-bond donors (Lipinski definition) is 0. The molecule has 0 unspecified atom stereocenters. The van der Waals surface area contributed by atoms with Gasteiger partial charge >= 0.3 is 0 Å². The average Bonchev–Trinajstić information content (AvgIpc) is 2.84. The molecular weight excluding hydrogens is 206 g/mol. The number of aromatic nitrogens is 1. The highest BCUT2D eigenvalue weighted by atomic mass is 32.1. The van der Waals surface area contributed by atoms with Crippen LogP contribution >= 0.6 is 11.3 Å². The van der Waals surface area contributed by atoms with Crippen LogP contribution in [0.15, 0.2) is 0 Å². The number of rotatable bonds is 3. The van der Waals surface area contributed by atoms with Crippen molar-refractivity contribution < 1.29 is 0 Å². The summed E-state index contributed by atoms with van der Waals surface area (Å²) >= 11 is 1.55. The van der Waals surface area contributed by atoms with Crippen molar-refractivity contribution in [3.8, 4) is 6.07 Å². The Balaban J connectivity index is 2.22. The van der Waals surface area contributed by atoms with E-state index in [1.807, 2.05) is 0 Å². The van der Waals surface area contributed by atoms with E-state index in [1.165, 1.54) is 12.8 Å². The third-order valence-corrected chi connectivity index (χ3v) is 3.71. The van der Waals surface area contributed by atoms with Gasteiger partial charge in [-0.3, -0.25) is 0 Å². The van der Waals surface area contributed by atoms with Gasteiger partial charge in [0.1, 0.15) is 10.9 Å². The standard InChI is InChI=1S/C11H15N3S/c1-2-5-9-10(8-12)15-11(13-9)14-6-3-4-7-14/h2-7H2,1H3. The molecule has 2 rings (SSSR count). The van der Waals surface area contributed by atoms with Gasteiger partial charge in [0.15, 0.2) is 5.13 Å². The van der Waals surface area contributed by atoms with E-state index in [0.29, 0.717) is 0 Å². The first-order chi connectivity index (χ1) is 7.35. The zero-order chi connectivity index (χ0) is 10.7. The molecule has 1 aliphatic heterocycles. The van der Waals surface area contributed by atoms with Crippen molar-refractivity contribution in [3.05, 3.63) is 10.6 Å². The highest BCUT2D eigenvalue weighted by Gasteiger charge is 2.18. The molecule has 0 spiro atoms. The van der Waals surface area contributed by atoms with Crippen LogP contribution in [0.5, 0.6) is 0 Å². The Kier molecular flexibility index (Phi) is 3.22. The van der Waals surface area contributed by atoms with E-state index in [0.717, 1.165) is 41.6 Å². The summed E-state index contributed by atoms with van der Waals surface area (Å²) in [6.45, 7) is 4.32. The van der Waals surface area contributed by atoms with E-state index in [-0.39, 0.29) is 0 Å². The molecule has 1 saturated heterocycles. The molecule has 15 heavy (non-hydrogen) atoms. The van der Waals surface area contributed by atoms with Gasteiger partial charge in [0.25, 0.3) is 0 Å². The quantitative estimate of drug-likeness (QED) is 0.787. The summed E-state index contributed by atoms with van der Waals surface area (Å²) in [6, 6.07) is 2.25. The highest BCUT2D eigenvalue weighted by Crippen LogP contribution is 2.28. The first kappa shape index (κ1) is 10.4. The summed E-state index contributed by atoms with van der Waals surface area (Å²) in [4.78, 5) is 7.68. The van der Waals surface area contributed by atoms with Crippen molar-refractivity contribution in [1.29, 1.82) is 5.26 Å². The van der Waals surface area contributed by atoms with Gasteiger partial charge in [0, 0.05) is 13.1 Å². The minimum absolute atomic E-state index is 0.804. The molecule has 0 aliphatic carbocycles. The van der Waals surface area contributed by atoms with E-state index in [9.17, 15) is 0 Å². The Morgan fingerprint density at radius 1 is 1.47 bits per heavy atom. The van der Waals surface area contributed by atoms with Gasteiger partial charge in [-0.15, -0.1) is 0 Å². The summed E-state index contributed by atoms with van der Waals surface area (Å²) in [5.41, 5.74) is 0.993. The number of anilines is 1. The van der Waals surface area contributed by atoms with Crippen LogP contribution in [0.1, 0.15) is 36.8 Å². The van der Waals surface area contributed by atoms with E-state index < -0.39 is 0 Å². The second-order valence-electron chi connectivity index (χ2n) is 3.83. The summed E-state index contributed by atoms with van der Waals surface area (Å²) in [6.07, 6.45) is 4.49. The van der Waals surface area contributed by atoms with Gasteiger partial charge in [-0.2, -0.15) is 5.26 Å². The van der Waals surface area contributed by atoms with Crippen LogP contribution in [0.3, 0.4) is 0 Å². The first-order valence-electron chi connectivity index (χ1n) is 5.50. The van der Waals surface area contributed by atoms with Crippen LogP contribution in [-0.2, 0) is 6.42 Å². The Labute approximate surface area is 94.4 Å². The lowest BCUT2D eigenvalue weighted by molar-refractivity contribution is 0.876. The number of aryl methyl sites for hydroxylation is 1. The molecule has 2 heterocycles. The first-order valence-corrected chi connectivity index (χ1v) is 6.31. The number of nitrogens with zero attached hydrogens (tertiary/aromatic N) is 3. The molecule has 80 valence electrons.